The van der Waals surface area contributed by atoms with Gasteiger partial charge in [-0.15, -0.1) is 0 Å². The van der Waals surface area contributed by atoms with E-state index in [9.17, 15) is 32.9 Å². The molecule has 0 aromatic heterocycles. The van der Waals surface area contributed by atoms with Crippen molar-refractivity contribution in [2.75, 3.05) is 11.9 Å². The van der Waals surface area contributed by atoms with Crippen LogP contribution in [0.1, 0.15) is 11.1 Å². The number of nitrogens with zero attached hydrogens (tertiary/aromatic N) is 1. The van der Waals surface area contributed by atoms with Crippen LogP contribution in [0.5, 0.6) is 0 Å². The highest BCUT2D eigenvalue weighted by Crippen LogP contribution is 2.34. The predicted octanol–water partition coefficient (Wildman–Crippen LogP) is 4.64. The normalized spacial score (nSPS) is 11.1. The second-order valence-electron chi connectivity index (χ2n) is 5.62. The topological polar surface area (TPSA) is 98.5 Å². The van der Waals surface area contributed by atoms with Gasteiger partial charge in [0.2, 0.25) is 0 Å². The highest BCUT2D eigenvalue weighted by atomic mass is 35.5. The Morgan fingerprint density at radius 2 is 1.79 bits per heavy atom. The van der Waals surface area contributed by atoms with Gasteiger partial charge in [-0.2, -0.15) is 13.2 Å². The zero-order valence-corrected chi connectivity index (χ0v) is 15.8. The average Bonchev–Trinajstić information content (AvgIpc) is 2.62. The van der Waals surface area contributed by atoms with Crippen molar-refractivity contribution in [3.63, 3.8) is 0 Å². The number of ether oxygens (including phenoxy) is 1. The summed E-state index contributed by atoms with van der Waals surface area (Å²) in [7, 11) is 0. The predicted molar refractivity (Wildman–Crippen MR) is 97.9 cm³/mol. The minimum absolute atomic E-state index is 0.218. The Morgan fingerprint density at radius 1 is 1.10 bits per heavy atom. The average molecular weight is 451 g/mol. The maximum absolute atomic E-state index is 12.7. The van der Waals surface area contributed by atoms with E-state index in [0.29, 0.717) is 22.7 Å². The van der Waals surface area contributed by atoms with Crippen LogP contribution in [0, 0.1) is 10.1 Å². The number of anilines is 1. The Labute approximate surface area is 171 Å². The third-order valence-electron chi connectivity index (χ3n) is 3.49. The minimum atomic E-state index is -4.78. The molecule has 29 heavy (non-hydrogen) atoms. The number of carbonyl (C=O) groups is 2. The van der Waals surface area contributed by atoms with Crippen LogP contribution < -0.4 is 5.32 Å². The molecular formula is C17H11Cl2F3N2O5. The highest BCUT2D eigenvalue weighted by Gasteiger charge is 2.33. The summed E-state index contributed by atoms with van der Waals surface area (Å²) in [5.41, 5.74) is -2.18. The fourth-order valence-corrected chi connectivity index (χ4v) is 2.49. The molecule has 0 bridgehead atoms. The molecule has 0 aliphatic rings. The molecule has 12 heteroatoms. The molecule has 7 nitrogen and oxygen atoms in total. The van der Waals surface area contributed by atoms with Gasteiger partial charge in [0.05, 0.1) is 27.0 Å². The summed E-state index contributed by atoms with van der Waals surface area (Å²) in [5, 5.41) is 13.5. The van der Waals surface area contributed by atoms with Crippen molar-refractivity contribution >= 4 is 46.5 Å². The van der Waals surface area contributed by atoms with Crippen LogP contribution in [0.3, 0.4) is 0 Å². The van der Waals surface area contributed by atoms with Gasteiger partial charge in [-0.1, -0.05) is 29.3 Å². The number of esters is 1. The van der Waals surface area contributed by atoms with Crippen LogP contribution in [-0.2, 0) is 26.9 Å². The lowest BCUT2D eigenvalue weighted by Crippen LogP contribution is -2.22. The molecule has 2 rings (SSSR count). The van der Waals surface area contributed by atoms with Gasteiger partial charge < -0.3 is 10.1 Å². The van der Waals surface area contributed by atoms with Crippen LogP contribution in [0.15, 0.2) is 36.4 Å². The van der Waals surface area contributed by atoms with Gasteiger partial charge in [0.1, 0.15) is 5.69 Å². The van der Waals surface area contributed by atoms with Gasteiger partial charge in [-0.25, -0.2) is 0 Å². The van der Waals surface area contributed by atoms with E-state index < -0.39 is 46.5 Å². The van der Waals surface area contributed by atoms with Crippen LogP contribution in [0.25, 0.3) is 0 Å². The number of nitro groups is 1. The summed E-state index contributed by atoms with van der Waals surface area (Å²) in [6.45, 7) is -0.793. The standard InChI is InChI=1S/C17H11Cl2F3N2O5/c18-11-3-1-9(5-12(11)19)6-16(26)29-8-15(25)23-13-4-2-10(17(20,21)22)7-14(13)24(27)28/h1-5,7H,6,8H2,(H,23,25). The van der Waals surface area contributed by atoms with Crippen molar-refractivity contribution in [3.8, 4) is 0 Å². The molecule has 154 valence electrons. The fraction of sp³-hybridized carbons (Fsp3) is 0.176. The van der Waals surface area contributed by atoms with E-state index >= 15 is 0 Å². The number of hydrogen-bond donors (Lipinski definition) is 1. The molecule has 0 saturated carbocycles. The number of hydrogen-bond acceptors (Lipinski definition) is 5. The molecule has 0 radical (unpaired) electrons. The summed E-state index contributed by atoms with van der Waals surface area (Å²) in [6.07, 6.45) is -5.00. The summed E-state index contributed by atoms with van der Waals surface area (Å²) in [4.78, 5) is 33.6. The van der Waals surface area contributed by atoms with Crippen LogP contribution in [0.2, 0.25) is 10.0 Å². The van der Waals surface area contributed by atoms with E-state index in [0.717, 1.165) is 6.07 Å². The molecule has 0 aliphatic heterocycles. The molecule has 0 atom stereocenters. The minimum Gasteiger partial charge on any atom is -0.455 e. The molecular weight excluding hydrogens is 440 g/mol. The number of halogens is 5. The fourth-order valence-electron chi connectivity index (χ4n) is 2.16. The molecule has 0 aliphatic carbocycles. The quantitative estimate of drug-likeness (QED) is 0.392. The monoisotopic (exact) mass is 450 g/mol. The zero-order chi connectivity index (χ0) is 21.8. The maximum Gasteiger partial charge on any atom is 0.416 e. The largest absolute Gasteiger partial charge is 0.455 e. The first-order chi connectivity index (χ1) is 13.5. The molecule has 0 unspecified atom stereocenters. The van der Waals surface area contributed by atoms with Crippen molar-refractivity contribution in [2.24, 2.45) is 0 Å². The first-order valence-electron chi connectivity index (χ1n) is 7.72. The number of carbonyl (C=O) groups excluding carboxylic acids is 2. The Balaban J connectivity index is 1.99. The summed E-state index contributed by atoms with van der Waals surface area (Å²) in [6, 6.07) is 6.07. The van der Waals surface area contributed by atoms with E-state index in [1.807, 2.05) is 5.32 Å². The Kier molecular flexibility index (Phi) is 7.04. The Hall–Kier alpha value is -2.85. The summed E-state index contributed by atoms with van der Waals surface area (Å²) >= 11 is 11.6. The van der Waals surface area contributed by atoms with Gasteiger partial charge in [0, 0.05) is 6.07 Å². The Morgan fingerprint density at radius 3 is 2.38 bits per heavy atom. The number of nitrogens with one attached hydrogen (secondary N) is 1. The molecule has 0 heterocycles. The summed E-state index contributed by atoms with van der Waals surface area (Å²) in [5.74, 6) is -1.75. The maximum atomic E-state index is 12.7. The first-order valence-corrected chi connectivity index (χ1v) is 8.48. The second kappa shape index (κ2) is 9.10. The third kappa shape index (κ3) is 6.33. The zero-order valence-electron chi connectivity index (χ0n) is 14.3. The van der Waals surface area contributed by atoms with Gasteiger partial charge >= 0.3 is 12.1 Å². The van der Waals surface area contributed by atoms with Crippen LogP contribution in [0.4, 0.5) is 24.5 Å². The molecule has 2 aromatic rings. The second-order valence-corrected chi connectivity index (χ2v) is 6.44. The van der Waals surface area contributed by atoms with E-state index in [1.165, 1.54) is 18.2 Å². The number of nitro benzene ring substituents is 1. The number of amides is 1. The van der Waals surface area contributed by atoms with Gasteiger partial charge in [0.25, 0.3) is 11.6 Å². The first kappa shape index (κ1) is 22.4. The smallest absolute Gasteiger partial charge is 0.416 e. The van der Waals surface area contributed by atoms with E-state index in [-0.39, 0.29) is 11.4 Å². The van der Waals surface area contributed by atoms with Crippen molar-refractivity contribution in [3.05, 3.63) is 67.7 Å². The molecule has 0 saturated heterocycles. The molecule has 0 spiro atoms. The van der Waals surface area contributed by atoms with Gasteiger partial charge in [0.15, 0.2) is 6.61 Å². The number of benzene rings is 2. The van der Waals surface area contributed by atoms with Gasteiger partial charge in [-0.05, 0) is 29.8 Å². The van der Waals surface area contributed by atoms with E-state index in [1.54, 1.807) is 0 Å². The van der Waals surface area contributed by atoms with Crippen molar-refractivity contribution in [1.82, 2.24) is 0 Å². The van der Waals surface area contributed by atoms with Crippen LogP contribution >= 0.6 is 23.2 Å². The molecule has 1 amide bonds. The Bertz CT molecular complexity index is 967. The van der Waals surface area contributed by atoms with Crippen molar-refractivity contribution in [1.29, 1.82) is 0 Å². The lowest BCUT2D eigenvalue weighted by molar-refractivity contribution is -0.384. The number of rotatable bonds is 6. The SMILES string of the molecule is O=C(COC(=O)Cc1ccc(Cl)c(Cl)c1)Nc1ccc(C(F)(F)F)cc1[N+](=O)[O-]. The lowest BCUT2D eigenvalue weighted by atomic mass is 10.1. The summed E-state index contributed by atoms with van der Waals surface area (Å²) < 4.78 is 42.8. The van der Waals surface area contributed by atoms with E-state index in [4.69, 9.17) is 27.9 Å². The lowest BCUT2D eigenvalue weighted by Gasteiger charge is -2.10. The molecule has 1 N–H and O–H groups in total. The van der Waals surface area contributed by atoms with Crippen LogP contribution in [-0.4, -0.2) is 23.4 Å². The molecule has 2 aromatic carbocycles. The van der Waals surface area contributed by atoms with E-state index in [2.05, 4.69) is 0 Å². The molecule has 0 fully saturated rings. The van der Waals surface area contributed by atoms with Crippen molar-refractivity contribution in [2.45, 2.75) is 12.6 Å². The third-order valence-corrected chi connectivity index (χ3v) is 4.23. The van der Waals surface area contributed by atoms with Crippen molar-refractivity contribution < 1.29 is 32.4 Å². The van der Waals surface area contributed by atoms with Gasteiger partial charge in [-0.3, -0.25) is 19.7 Å². The highest BCUT2D eigenvalue weighted by molar-refractivity contribution is 6.42. The number of alkyl halides is 3.